The topological polar surface area (TPSA) is 66.4 Å². The summed E-state index contributed by atoms with van der Waals surface area (Å²) in [5.41, 5.74) is -0.568. The number of carbonyl (C=O) groups excluding carboxylic acids is 1. The Morgan fingerprint density at radius 3 is 2.56 bits per heavy atom. The summed E-state index contributed by atoms with van der Waals surface area (Å²) in [6.45, 7) is 0. The number of benzene rings is 1. The quantitative estimate of drug-likeness (QED) is 0.889. The molecule has 2 N–H and O–H groups in total. The average Bonchev–Trinajstić information content (AvgIpc) is 2.99. The van der Waals surface area contributed by atoms with Crippen molar-refractivity contribution in [3.05, 3.63) is 34.3 Å². The molecular weight excluding hydrogens is 274 g/mol. The molecule has 4 nitrogen and oxygen atoms in total. The van der Waals surface area contributed by atoms with Crippen LogP contribution in [0.4, 0.5) is 0 Å². The number of carboxylic acid groups (broad SMARTS) is 1. The lowest BCUT2D eigenvalue weighted by Gasteiger charge is -2.12. The smallest absolute Gasteiger partial charge is 0.329 e. The van der Waals surface area contributed by atoms with Crippen LogP contribution in [0.1, 0.15) is 23.2 Å². The van der Waals surface area contributed by atoms with Crippen LogP contribution >= 0.6 is 15.9 Å². The third kappa shape index (κ3) is 2.09. The van der Waals surface area contributed by atoms with Gasteiger partial charge in [0.15, 0.2) is 0 Å². The molecule has 1 fully saturated rings. The van der Waals surface area contributed by atoms with Crippen LogP contribution in [0.15, 0.2) is 28.7 Å². The molecule has 1 saturated carbocycles. The van der Waals surface area contributed by atoms with E-state index >= 15 is 0 Å². The van der Waals surface area contributed by atoms with Gasteiger partial charge in [0.05, 0.1) is 0 Å². The lowest BCUT2D eigenvalue weighted by molar-refractivity contribution is -0.140. The molecule has 84 valence electrons. The molecule has 1 aliphatic carbocycles. The van der Waals surface area contributed by atoms with Gasteiger partial charge in [-0.15, -0.1) is 0 Å². The number of aliphatic carboxylic acids is 1. The van der Waals surface area contributed by atoms with Crippen molar-refractivity contribution in [2.45, 2.75) is 18.4 Å². The minimum atomic E-state index is -1.03. The minimum Gasteiger partial charge on any atom is -0.480 e. The number of amides is 1. The van der Waals surface area contributed by atoms with E-state index in [1.165, 1.54) is 0 Å². The van der Waals surface area contributed by atoms with Crippen molar-refractivity contribution >= 4 is 27.8 Å². The molecule has 0 aromatic heterocycles. The van der Waals surface area contributed by atoms with Crippen molar-refractivity contribution in [1.29, 1.82) is 0 Å². The predicted octanol–water partition coefficient (Wildman–Crippen LogP) is 1.80. The van der Waals surface area contributed by atoms with Crippen LogP contribution in [-0.2, 0) is 4.79 Å². The van der Waals surface area contributed by atoms with E-state index in [0.717, 1.165) is 4.47 Å². The molecule has 0 radical (unpaired) electrons. The molecule has 1 aliphatic rings. The molecule has 0 spiro atoms. The summed E-state index contributed by atoms with van der Waals surface area (Å²) in [7, 11) is 0. The average molecular weight is 284 g/mol. The molecule has 2 rings (SSSR count). The molecule has 16 heavy (non-hydrogen) atoms. The van der Waals surface area contributed by atoms with Gasteiger partial charge >= 0.3 is 5.97 Å². The Morgan fingerprint density at radius 1 is 1.38 bits per heavy atom. The first-order valence-corrected chi connectivity index (χ1v) is 5.64. The van der Waals surface area contributed by atoms with Crippen LogP contribution in [0.25, 0.3) is 0 Å². The zero-order valence-electron chi connectivity index (χ0n) is 8.37. The molecule has 1 amide bonds. The fourth-order valence-electron chi connectivity index (χ4n) is 1.44. The van der Waals surface area contributed by atoms with Crippen molar-refractivity contribution in [2.24, 2.45) is 0 Å². The first-order valence-electron chi connectivity index (χ1n) is 4.85. The number of carbonyl (C=O) groups is 2. The Balaban J connectivity index is 2.12. The van der Waals surface area contributed by atoms with Gasteiger partial charge in [0, 0.05) is 10.0 Å². The predicted molar refractivity (Wildman–Crippen MR) is 61.2 cm³/mol. The van der Waals surface area contributed by atoms with Gasteiger partial charge in [0.2, 0.25) is 0 Å². The van der Waals surface area contributed by atoms with E-state index in [9.17, 15) is 9.59 Å². The molecule has 0 heterocycles. The number of halogens is 1. The largest absolute Gasteiger partial charge is 0.480 e. The molecule has 0 aliphatic heterocycles. The van der Waals surface area contributed by atoms with Gasteiger partial charge in [0.25, 0.3) is 5.91 Å². The molecular formula is C11H10BrNO3. The second-order valence-corrected chi connectivity index (χ2v) is 4.77. The Bertz CT molecular complexity index is 454. The lowest BCUT2D eigenvalue weighted by atomic mass is 10.2. The third-order valence-corrected chi connectivity index (χ3v) is 3.09. The van der Waals surface area contributed by atoms with E-state index in [-0.39, 0.29) is 5.91 Å². The normalized spacial score (nSPS) is 16.6. The van der Waals surface area contributed by atoms with Crippen molar-refractivity contribution in [3.63, 3.8) is 0 Å². The summed E-state index contributed by atoms with van der Waals surface area (Å²) in [6, 6.07) is 6.85. The van der Waals surface area contributed by atoms with Crippen LogP contribution in [0.5, 0.6) is 0 Å². The molecule has 5 heteroatoms. The van der Waals surface area contributed by atoms with Crippen LogP contribution < -0.4 is 5.32 Å². The van der Waals surface area contributed by atoms with Crippen molar-refractivity contribution in [1.82, 2.24) is 5.32 Å². The highest BCUT2D eigenvalue weighted by Gasteiger charge is 2.51. The van der Waals surface area contributed by atoms with E-state index in [2.05, 4.69) is 21.2 Å². The summed E-state index contributed by atoms with van der Waals surface area (Å²) in [5, 5.41) is 11.5. The standard InChI is InChI=1S/C11H10BrNO3/c12-8-3-1-2-7(6-8)9(14)13-11(4-5-11)10(15)16/h1-3,6H,4-5H2,(H,13,14)(H,15,16). The molecule has 0 unspecified atom stereocenters. The molecule has 1 aromatic rings. The van der Waals surface area contributed by atoms with Crippen LogP contribution in [0.2, 0.25) is 0 Å². The lowest BCUT2D eigenvalue weighted by Crippen LogP contribution is -2.43. The van der Waals surface area contributed by atoms with Gasteiger partial charge < -0.3 is 10.4 Å². The summed E-state index contributed by atoms with van der Waals surface area (Å²) in [4.78, 5) is 22.7. The van der Waals surface area contributed by atoms with Crippen LogP contribution in [0, 0.1) is 0 Å². The number of nitrogens with one attached hydrogen (secondary N) is 1. The fourth-order valence-corrected chi connectivity index (χ4v) is 1.84. The van der Waals surface area contributed by atoms with E-state index in [4.69, 9.17) is 5.11 Å². The second kappa shape index (κ2) is 3.90. The number of hydrogen-bond acceptors (Lipinski definition) is 2. The fraction of sp³-hybridized carbons (Fsp3) is 0.273. The van der Waals surface area contributed by atoms with Gasteiger partial charge in [-0.05, 0) is 31.0 Å². The summed E-state index contributed by atoms with van der Waals surface area (Å²) >= 11 is 3.26. The Morgan fingerprint density at radius 2 is 2.06 bits per heavy atom. The Kier molecular flexibility index (Phi) is 2.71. The van der Waals surface area contributed by atoms with E-state index in [1.807, 2.05) is 0 Å². The first kappa shape index (κ1) is 11.1. The monoisotopic (exact) mass is 283 g/mol. The summed E-state index contributed by atoms with van der Waals surface area (Å²) < 4.78 is 0.792. The number of hydrogen-bond donors (Lipinski definition) is 2. The molecule has 0 saturated heterocycles. The number of carboxylic acids is 1. The maximum absolute atomic E-state index is 11.8. The van der Waals surface area contributed by atoms with Gasteiger partial charge in [0.1, 0.15) is 5.54 Å². The zero-order chi connectivity index (χ0) is 11.8. The van der Waals surface area contributed by atoms with Crippen molar-refractivity contribution in [3.8, 4) is 0 Å². The second-order valence-electron chi connectivity index (χ2n) is 3.85. The van der Waals surface area contributed by atoms with Gasteiger partial charge in [-0.25, -0.2) is 4.79 Å². The van der Waals surface area contributed by atoms with E-state index in [0.29, 0.717) is 18.4 Å². The van der Waals surface area contributed by atoms with Gasteiger partial charge in [-0.1, -0.05) is 22.0 Å². The van der Waals surface area contributed by atoms with Gasteiger partial charge in [-0.2, -0.15) is 0 Å². The number of rotatable bonds is 3. The van der Waals surface area contributed by atoms with Crippen LogP contribution in [-0.4, -0.2) is 22.5 Å². The van der Waals surface area contributed by atoms with Gasteiger partial charge in [-0.3, -0.25) is 4.79 Å². The highest BCUT2D eigenvalue weighted by atomic mass is 79.9. The molecule has 0 bridgehead atoms. The third-order valence-electron chi connectivity index (χ3n) is 2.60. The maximum Gasteiger partial charge on any atom is 0.329 e. The van der Waals surface area contributed by atoms with Crippen molar-refractivity contribution < 1.29 is 14.7 Å². The van der Waals surface area contributed by atoms with E-state index in [1.54, 1.807) is 24.3 Å². The highest BCUT2D eigenvalue weighted by Crippen LogP contribution is 2.35. The van der Waals surface area contributed by atoms with E-state index < -0.39 is 11.5 Å². The Hall–Kier alpha value is -1.36. The zero-order valence-corrected chi connectivity index (χ0v) is 9.95. The highest BCUT2D eigenvalue weighted by molar-refractivity contribution is 9.10. The maximum atomic E-state index is 11.8. The first-order chi connectivity index (χ1) is 7.53. The molecule has 0 atom stereocenters. The SMILES string of the molecule is O=C(NC1(C(=O)O)CC1)c1cccc(Br)c1. The minimum absolute atomic E-state index is 0.346. The summed E-state index contributed by atoms with van der Waals surface area (Å²) in [6.07, 6.45) is 1.00. The Labute approximate surface area is 101 Å². The van der Waals surface area contributed by atoms with Crippen LogP contribution in [0.3, 0.4) is 0 Å². The molecule has 1 aromatic carbocycles. The van der Waals surface area contributed by atoms with Crippen molar-refractivity contribution in [2.75, 3.05) is 0 Å². The summed E-state index contributed by atoms with van der Waals surface area (Å²) in [5.74, 6) is -1.31.